The fraction of sp³-hybridized carbons (Fsp3) is 0.500. The summed E-state index contributed by atoms with van der Waals surface area (Å²) in [6.45, 7) is 10.9. The molecule has 4 amide bonds. The predicted octanol–water partition coefficient (Wildman–Crippen LogP) is 5.72. The quantitative estimate of drug-likeness (QED) is 0.132. The molecule has 4 N–H and O–H groups in total. The van der Waals surface area contributed by atoms with E-state index in [-0.39, 0.29) is 61.6 Å². The maximum atomic E-state index is 14.8. The van der Waals surface area contributed by atoms with Gasteiger partial charge >= 0.3 is 12.3 Å². The van der Waals surface area contributed by atoms with Gasteiger partial charge in [0.05, 0.1) is 31.4 Å². The highest BCUT2D eigenvalue weighted by Gasteiger charge is 2.45. The smallest absolute Gasteiger partial charge is 0.416 e. The van der Waals surface area contributed by atoms with E-state index in [1.54, 1.807) is 67.2 Å². The highest BCUT2D eigenvalue weighted by molar-refractivity contribution is 6.10. The van der Waals surface area contributed by atoms with E-state index in [0.29, 0.717) is 47.1 Å². The Balaban J connectivity index is 1.14. The highest BCUT2D eigenvalue weighted by Crippen LogP contribution is 2.43. The number of aromatic nitrogens is 4. The van der Waals surface area contributed by atoms with Crippen molar-refractivity contribution in [2.45, 2.75) is 97.3 Å². The topological polar surface area (TPSA) is 190 Å². The lowest BCUT2D eigenvalue weighted by atomic mass is 9.75. The number of hydrogen-bond acceptors (Lipinski definition) is 11. The normalized spacial score (nSPS) is 18.2. The second-order valence-electron chi connectivity index (χ2n) is 17.9. The number of hydrogen-bond donors (Lipinski definition) is 3. The maximum Gasteiger partial charge on any atom is 0.416 e. The standard InChI is InChI=1S/C46H57F3N10O6/c1-7-58(44(63)65-23-30-10-12-33(13-11-30)53-41(60)29(5)52-42(61)40(50)27(2)3)37-17-32(45(24-64-25-45)19-39-55-51-26-56(39)6)18-38(54-37)59-22-35-34(43(59)62)15-31(16-36(35)46(47,48)49)21-57-14-8-9-28(4)20-57/h10-13,15-18,26-29,40H,7-9,14,19-25,50H2,1-6H3,(H,52,61)(H,53,60)/t28-,29?,40?/m0/s1. The summed E-state index contributed by atoms with van der Waals surface area (Å²) in [6, 6.07) is 11.2. The largest absolute Gasteiger partial charge is 0.444 e. The molecule has 2 saturated heterocycles. The van der Waals surface area contributed by atoms with Crippen molar-refractivity contribution < 1.29 is 41.8 Å². The molecule has 2 aromatic carbocycles. The van der Waals surface area contributed by atoms with Crippen molar-refractivity contribution in [2.75, 3.05) is 48.0 Å². The number of likely N-dealkylation sites (tertiary alicyclic amines) is 1. The van der Waals surface area contributed by atoms with Crippen molar-refractivity contribution in [3.8, 4) is 0 Å². The molecule has 348 valence electrons. The average Bonchev–Trinajstić information content (AvgIpc) is 3.81. The van der Waals surface area contributed by atoms with Crippen LogP contribution in [0.3, 0.4) is 0 Å². The van der Waals surface area contributed by atoms with Gasteiger partial charge in [0.25, 0.3) is 5.91 Å². The lowest BCUT2D eigenvalue weighted by Crippen LogP contribution is -2.50. The molecule has 2 unspecified atom stereocenters. The zero-order valence-corrected chi connectivity index (χ0v) is 37.6. The number of aryl methyl sites for hydroxylation is 1. The number of pyridine rings is 1. The van der Waals surface area contributed by atoms with E-state index in [2.05, 4.69) is 32.7 Å². The molecular formula is C46H57F3N10O6. The van der Waals surface area contributed by atoms with E-state index in [0.717, 1.165) is 32.0 Å². The molecule has 0 aliphatic carbocycles. The van der Waals surface area contributed by atoms with Gasteiger partial charge in [0.15, 0.2) is 0 Å². The van der Waals surface area contributed by atoms with Gasteiger partial charge in [-0.25, -0.2) is 9.78 Å². The van der Waals surface area contributed by atoms with Crippen LogP contribution in [0, 0.1) is 11.8 Å². The minimum Gasteiger partial charge on any atom is -0.444 e. The van der Waals surface area contributed by atoms with Crippen molar-refractivity contribution in [1.82, 2.24) is 30.0 Å². The van der Waals surface area contributed by atoms with Crippen molar-refractivity contribution in [1.29, 1.82) is 0 Å². The second kappa shape index (κ2) is 19.3. The number of anilines is 3. The molecule has 19 heteroatoms. The zero-order valence-electron chi connectivity index (χ0n) is 37.6. The molecule has 4 aromatic rings. The van der Waals surface area contributed by atoms with E-state index in [1.165, 1.54) is 9.80 Å². The van der Waals surface area contributed by atoms with E-state index in [1.807, 2.05) is 20.9 Å². The first kappa shape index (κ1) is 47.1. The number of nitrogens with two attached hydrogens (primary N) is 1. The van der Waals surface area contributed by atoms with Gasteiger partial charge in [0, 0.05) is 49.8 Å². The summed E-state index contributed by atoms with van der Waals surface area (Å²) in [5.74, 6) is -0.321. The molecule has 3 aliphatic rings. The van der Waals surface area contributed by atoms with Crippen molar-refractivity contribution in [2.24, 2.45) is 24.6 Å². The molecule has 7 rings (SSSR count). The molecule has 0 spiro atoms. The number of ether oxygens (including phenoxy) is 2. The van der Waals surface area contributed by atoms with Crippen LogP contribution in [0.4, 0.5) is 35.3 Å². The third-order valence-electron chi connectivity index (χ3n) is 12.5. The Morgan fingerprint density at radius 3 is 2.42 bits per heavy atom. The van der Waals surface area contributed by atoms with E-state index < -0.39 is 53.1 Å². The second-order valence-corrected chi connectivity index (χ2v) is 17.9. The number of rotatable bonds is 15. The summed E-state index contributed by atoms with van der Waals surface area (Å²) in [7, 11) is 1.82. The summed E-state index contributed by atoms with van der Waals surface area (Å²) in [5, 5.41) is 13.7. The zero-order chi connectivity index (χ0) is 46.8. The molecule has 0 saturated carbocycles. The number of benzene rings is 2. The van der Waals surface area contributed by atoms with Gasteiger partial charge < -0.3 is 30.4 Å². The lowest BCUT2D eigenvalue weighted by molar-refractivity contribution is -0.138. The van der Waals surface area contributed by atoms with Crippen LogP contribution in [0.1, 0.15) is 91.5 Å². The van der Waals surface area contributed by atoms with Gasteiger partial charge in [0.2, 0.25) is 11.8 Å². The minimum absolute atomic E-state index is 0.0283. The summed E-state index contributed by atoms with van der Waals surface area (Å²) < 4.78 is 57.7. The summed E-state index contributed by atoms with van der Waals surface area (Å²) in [4.78, 5) is 62.9. The summed E-state index contributed by atoms with van der Waals surface area (Å²) >= 11 is 0. The summed E-state index contributed by atoms with van der Waals surface area (Å²) in [6.07, 6.45) is -1.50. The molecule has 0 bridgehead atoms. The molecule has 0 radical (unpaired) electrons. The first-order chi connectivity index (χ1) is 30.8. The molecular weight excluding hydrogens is 846 g/mol. The molecule has 16 nitrogen and oxygen atoms in total. The third-order valence-corrected chi connectivity index (χ3v) is 12.5. The Kier molecular flexibility index (Phi) is 14.0. The number of amides is 4. The van der Waals surface area contributed by atoms with Crippen LogP contribution in [0.25, 0.3) is 0 Å². The fourth-order valence-corrected chi connectivity index (χ4v) is 8.48. The molecule has 2 fully saturated rings. The van der Waals surface area contributed by atoms with Crippen LogP contribution < -0.4 is 26.2 Å². The van der Waals surface area contributed by atoms with E-state index in [9.17, 15) is 32.3 Å². The molecule has 3 atom stereocenters. The molecule has 3 aliphatic heterocycles. The monoisotopic (exact) mass is 902 g/mol. The third kappa shape index (κ3) is 10.5. The Hall–Kier alpha value is -5.92. The Morgan fingerprint density at radius 2 is 1.80 bits per heavy atom. The van der Waals surface area contributed by atoms with Gasteiger partial charge in [-0.15, -0.1) is 10.2 Å². The van der Waals surface area contributed by atoms with Crippen LogP contribution in [0.5, 0.6) is 0 Å². The first-order valence-electron chi connectivity index (χ1n) is 22.0. The van der Waals surface area contributed by atoms with Crippen LogP contribution in [0.2, 0.25) is 0 Å². The Bertz CT molecular complexity index is 2400. The molecule has 2 aromatic heterocycles. The van der Waals surface area contributed by atoms with Crippen molar-refractivity contribution >= 4 is 41.1 Å². The molecule has 5 heterocycles. The van der Waals surface area contributed by atoms with Crippen molar-refractivity contribution in [3.05, 3.63) is 94.1 Å². The highest BCUT2D eigenvalue weighted by atomic mass is 19.4. The predicted molar refractivity (Wildman–Crippen MR) is 236 cm³/mol. The fourth-order valence-electron chi connectivity index (χ4n) is 8.48. The van der Waals surface area contributed by atoms with Crippen LogP contribution in [0.15, 0.2) is 54.9 Å². The van der Waals surface area contributed by atoms with Gasteiger partial charge in [-0.05, 0) is 104 Å². The minimum atomic E-state index is -4.72. The number of nitrogens with zero attached hydrogens (tertiary/aromatic N) is 7. The van der Waals surface area contributed by atoms with E-state index in [4.69, 9.17) is 20.2 Å². The van der Waals surface area contributed by atoms with E-state index >= 15 is 0 Å². The van der Waals surface area contributed by atoms with Crippen LogP contribution >= 0.6 is 0 Å². The Labute approximate surface area is 376 Å². The maximum absolute atomic E-state index is 14.8. The van der Waals surface area contributed by atoms with Gasteiger partial charge in [-0.3, -0.25) is 29.1 Å². The van der Waals surface area contributed by atoms with Gasteiger partial charge in [0.1, 0.15) is 36.4 Å². The summed E-state index contributed by atoms with van der Waals surface area (Å²) in [5.41, 5.74) is 6.32. The number of halogens is 3. The Morgan fingerprint density at radius 1 is 1.06 bits per heavy atom. The number of alkyl halides is 3. The van der Waals surface area contributed by atoms with Gasteiger partial charge in [-0.2, -0.15) is 13.2 Å². The molecule has 65 heavy (non-hydrogen) atoms. The van der Waals surface area contributed by atoms with Crippen molar-refractivity contribution in [3.63, 3.8) is 0 Å². The SMILES string of the molecule is CCN(C(=O)OCc1ccc(NC(=O)C(C)NC(=O)C(N)C(C)C)cc1)c1cc(C2(Cc3nncn3C)COC2)cc(N2Cc3c(cc(CN4CCC[C@H](C)C4)cc3C(F)(F)F)C2=O)n1. The average molecular weight is 903 g/mol. The lowest BCUT2D eigenvalue weighted by Gasteiger charge is -2.42. The number of carbonyl (C=O) groups is 4. The number of nitrogens with one attached hydrogen (secondary N) is 2. The van der Waals surface area contributed by atoms with Gasteiger partial charge in [-0.1, -0.05) is 32.9 Å². The number of fused-ring (bicyclic) bond motifs is 1. The number of carbonyl (C=O) groups excluding carboxylic acids is 4. The number of piperidine rings is 1. The van der Waals surface area contributed by atoms with Crippen LogP contribution in [-0.4, -0.2) is 93.4 Å². The first-order valence-corrected chi connectivity index (χ1v) is 22.0. The van der Waals surface area contributed by atoms with Crippen LogP contribution in [-0.2, 0) is 63.8 Å².